The van der Waals surface area contributed by atoms with Gasteiger partial charge in [0, 0.05) is 18.7 Å². The van der Waals surface area contributed by atoms with Crippen LogP contribution in [-0.4, -0.2) is 37.7 Å². The molecule has 1 heterocycles. The Kier molecular flexibility index (Phi) is 4.77. The molecule has 1 fully saturated rings. The molecule has 0 spiro atoms. The topological polar surface area (TPSA) is 99.8 Å². The fourth-order valence-corrected chi connectivity index (χ4v) is 2.08. The number of hydrazine groups is 1. The molecule has 0 aromatic heterocycles. The van der Waals surface area contributed by atoms with Crippen LogP contribution in [0.25, 0.3) is 0 Å². The van der Waals surface area contributed by atoms with Crippen LogP contribution in [0, 0.1) is 5.82 Å². The van der Waals surface area contributed by atoms with Crippen LogP contribution in [-0.2, 0) is 9.53 Å². The SMILES string of the molecule is COC(=O)NNC(=O)N[C@@H]1CC(=O)N(c2cccc(F)c2)C1. The molecule has 0 unspecified atom stereocenters. The molecule has 1 saturated heterocycles. The summed E-state index contributed by atoms with van der Waals surface area (Å²) in [7, 11) is 1.15. The standard InChI is InChI=1S/C13H15FN4O4/c1-22-13(21)17-16-12(20)15-9-6-11(19)18(7-9)10-4-2-3-8(14)5-10/h2-5,9H,6-7H2,1H3,(H,17,21)(H2,15,16,20)/t9-/m1/s1. The lowest BCUT2D eigenvalue weighted by atomic mass is 10.2. The number of urea groups is 1. The maximum Gasteiger partial charge on any atom is 0.425 e. The van der Waals surface area contributed by atoms with E-state index in [0.717, 1.165) is 7.11 Å². The molecule has 1 aliphatic rings. The van der Waals surface area contributed by atoms with Gasteiger partial charge in [0.2, 0.25) is 5.91 Å². The van der Waals surface area contributed by atoms with Gasteiger partial charge < -0.3 is 15.0 Å². The number of benzene rings is 1. The van der Waals surface area contributed by atoms with Crippen LogP contribution in [0.4, 0.5) is 19.7 Å². The van der Waals surface area contributed by atoms with Crippen molar-refractivity contribution in [2.45, 2.75) is 12.5 Å². The Bertz CT molecular complexity index is 595. The lowest BCUT2D eigenvalue weighted by Gasteiger charge is -2.17. The molecule has 1 aromatic carbocycles. The minimum Gasteiger partial charge on any atom is -0.452 e. The Morgan fingerprint density at radius 3 is 2.82 bits per heavy atom. The first-order valence-corrected chi connectivity index (χ1v) is 6.46. The molecular weight excluding hydrogens is 295 g/mol. The van der Waals surface area contributed by atoms with E-state index in [0.29, 0.717) is 5.69 Å². The smallest absolute Gasteiger partial charge is 0.425 e. The van der Waals surface area contributed by atoms with Crippen molar-refractivity contribution in [3.8, 4) is 0 Å². The van der Waals surface area contributed by atoms with Crippen LogP contribution in [0.2, 0.25) is 0 Å². The molecule has 1 aromatic rings. The van der Waals surface area contributed by atoms with Crippen LogP contribution in [0.15, 0.2) is 24.3 Å². The molecule has 2 rings (SSSR count). The first-order valence-electron chi connectivity index (χ1n) is 6.46. The molecule has 0 saturated carbocycles. The summed E-state index contributed by atoms with van der Waals surface area (Å²) >= 11 is 0. The number of halogens is 1. The molecule has 0 radical (unpaired) electrons. The van der Waals surface area contributed by atoms with Crippen molar-refractivity contribution >= 4 is 23.7 Å². The fraction of sp³-hybridized carbons (Fsp3) is 0.308. The van der Waals surface area contributed by atoms with E-state index in [9.17, 15) is 18.8 Å². The van der Waals surface area contributed by atoms with E-state index >= 15 is 0 Å². The van der Waals surface area contributed by atoms with Crippen LogP contribution in [0.3, 0.4) is 0 Å². The highest BCUT2D eigenvalue weighted by Crippen LogP contribution is 2.22. The summed E-state index contributed by atoms with van der Waals surface area (Å²) in [6.45, 7) is 0.216. The minimum absolute atomic E-state index is 0.0855. The first kappa shape index (κ1) is 15.5. The summed E-state index contributed by atoms with van der Waals surface area (Å²) < 4.78 is 17.5. The Labute approximate surface area is 125 Å². The molecule has 8 nitrogen and oxygen atoms in total. The highest BCUT2D eigenvalue weighted by atomic mass is 19.1. The van der Waals surface area contributed by atoms with E-state index in [1.807, 2.05) is 5.43 Å². The number of nitrogens with one attached hydrogen (secondary N) is 3. The molecule has 4 amide bonds. The first-order chi connectivity index (χ1) is 10.5. The minimum atomic E-state index is -0.820. The van der Waals surface area contributed by atoms with Gasteiger partial charge >= 0.3 is 12.1 Å². The van der Waals surface area contributed by atoms with Crippen molar-refractivity contribution in [1.82, 2.24) is 16.2 Å². The van der Waals surface area contributed by atoms with E-state index in [4.69, 9.17) is 0 Å². The third-order valence-corrected chi connectivity index (χ3v) is 3.04. The van der Waals surface area contributed by atoms with E-state index in [2.05, 4.69) is 15.5 Å². The quantitative estimate of drug-likeness (QED) is 0.693. The Hall–Kier alpha value is -2.84. The number of carbonyl (C=O) groups is 3. The van der Waals surface area contributed by atoms with E-state index in [1.54, 1.807) is 6.07 Å². The van der Waals surface area contributed by atoms with E-state index in [1.165, 1.54) is 23.1 Å². The lowest BCUT2D eigenvalue weighted by Crippen LogP contribution is -2.50. The van der Waals surface area contributed by atoms with Crippen molar-refractivity contribution in [1.29, 1.82) is 0 Å². The van der Waals surface area contributed by atoms with Gasteiger partial charge in [0.05, 0.1) is 13.2 Å². The van der Waals surface area contributed by atoms with Gasteiger partial charge in [-0.25, -0.2) is 24.8 Å². The summed E-state index contributed by atoms with van der Waals surface area (Å²) in [6, 6.07) is 4.53. The van der Waals surface area contributed by atoms with Crippen molar-refractivity contribution in [2.75, 3.05) is 18.6 Å². The summed E-state index contributed by atoms with van der Waals surface area (Å²) in [6.07, 6.45) is -0.735. The monoisotopic (exact) mass is 310 g/mol. The van der Waals surface area contributed by atoms with Gasteiger partial charge in [0.25, 0.3) is 0 Å². The van der Waals surface area contributed by atoms with Crippen LogP contribution >= 0.6 is 0 Å². The van der Waals surface area contributed by atoms with Crippen molar-refractivity contribution in [3.05, 3.63) is 30.1 Å². The second kappa shape index (κ2) is 6.74. The highest BCUT2D eigenvalue weighted by molar-refractivity contribution is 5.96. The molecule has 1 atom stereocenters. The summed E-state index contributed by atoms with van der Waals surface area (Å²) in [4.78, 5) is 35.7. The van der Waals surface area contributed by atoms with Crippen LogP contribution in [0.5, 0.6) is 0 Å². The number of hydrogen-bond donors (Lipinski definition) is 3. The van der Waals surface area contributed by atoms with Crippen molar-refractivity contribution in [2.24, 2.45) is 0 Å². The second-order valence-corrected chi connectivity index (χ2v) is 4.60. The maximum atomic E-state index is 13.2. The molecule has 1 aliphatic heterocycles. The van der Waals surface area contributed by atoms with Gasteiger partial charge in [-0.3, -0.25) is 4.79 Å². The largest absolute Gasteiger partial charge is 0.452 e. The zero-order chi connectivity index (χ0) is 16.1. The third-order valence-electron chi connectivity index (χ3n) is 3.04. The second-order valence-electron chi connectivity index (χ2n) is 4.60. The number of amides is 4. The Morgan fingerprint density at radius 2 is 2.14 bits per heavy atom. The molecule has 118 valence electrons. The Morgan fingerprint density at radius 1 is 1.36 bits per heavy atom. The number of anilines is 1. The predicted molar refractivity (Wildman–Crippen MR) is 74.4 cm³/mol. The highest BCUT2D eigenvalue weighted by Gasteiger charge is 2.31. The summed E-state index contributed by atoms with van der Waals surface area (Å²) in [5.41, 5.74) is 4.50. The Balaban J connectivity index is 1.89. The number of methoxy groups -OCH3 is 1. The number of hydrogen-bond acceptors (Lipinski definition) is 4. The predicted octanol–water partition coefficient (Wildman–Crippen LogP) is 0.501. The number of rotatable bonds is 2. The van der Waals surface area contributed by atoms with E-state index in [-0.39, 0.29) is 18.9 Å². The molecule has 9 heteroatoms. The average Bonchev–Trinajstić information content (AvgIpc) is 2.85. The van der Waals surface area contributed by atoms with Gasteiger partial charge in [-0.15, -0.1) is 0 Å². The van der Waals surface area contributed by atoms with Gasteiger partial charge in [0.1, 0.15) is 5.82 Å². The number of nitrogens with zero attached hydrogens (tertiary/aromatic N) is 1. The molecule has 3 N–H and O–H groups in total. The molecule has 0 aliphatic carbocycles. The van der Waals surface area contributed by atoms with Gasteiger partial charge in [-0.05, 0) is 18.2 Å². The maximum absolute atomic E-state index is 13.2. The van der Waals surface area contributed by atoms with E-state index < -0.39 is 24.0 Å². The lowest BCUT2D eigenvalue weighted by molar-refractivity contribution is -0.117. The zero-order valence-electron chi connectivity index (χ0n) is 11.8. The van der Waals surface area contributed by atoms with Gasteiger partial charge in [-0.2, -0.15) is 0 Å². The van der Waals surface area contributed by atoms with Gasteiger partial charge in [0.15, 0.2) is 0 Å². The average molecular weight is 310 g/mol. The number of ether oxygens (including phenoxy) is 1. The summed E-state index contributed by atoms with van der Waals surface area (Å²) in [5.74, 6) is -0.668. The third kappa shape index (κ3) is 3.84. The van der Waals surface area contributed by atoms with Crippen molar-refractivity contribution in [3.63, 3.8) is 0 Å². The summed E-state index contributed by atoms with van der Waals surface area (Å²) in [5, 5.41) is 2.53. The zero-order valence-corrected chi connectivity index (χ0v) is 11.8. The molecular formula is C13H15FN4O4. The normalized spacial score (nSPS) is 17.1. The van der Waals surface area contributed by atoms with Gasteiger partial charge in [-0.1, -0.05) is 6.07 Å². The van der Waals surface area contributed by atoms with Crippen LogP contribution in [0.1, 0.15) is 6.42 Å². The molecule has 22 heavy (non-hydrogen) atoms. The number of carbonyl (C=O) groups excluding carboxylic acids is 3. The fourth-order valence-electron chi connectivity index (χ4n) is 2.08. The van der Waals surface area contributed by atoms with Crippen molar-refractivity contribution < 1.29 is 23.5 Å². The molecule has 0 bridgehead atoms. The van der Waals surface area contributed by atoms with Crippen LogP contribution < -0.4 is 21.1 Å².